The maximum atomic E-state index is 3.40. The molecule has 0 aliphatic carbocycles. The van der Waals surface area contributed by atoms with Gasteiger partial charge in [0.15, 0.2) is 0 Å². The lowest BCUT2D eigenvalue weighted by Crippen LogP contribution is -2.40. The molecule has 1 aliphatic rings. The first-order valence-electron chi connectivity index (χ1n) is 6.16. The van der Waals surface area contributed by atoms with Gasteiger partial charge >= 0.3 is 0 Å². The Bertz CT molecular complexity index is 316. The molecule has 2 heterocycles. The van der Waals surface area contributed by atoms with Crippen LogP contribution in [0.3, 0.4) is 0 Å². The summed E-state index contributed by atoms with van der Waals surface area (Å²) in [4.78, 5) is 5.97. The van der Waals surface area contributed by atoms with Gasteiger partial charge in [0, 0.05) is 30.4 Å². The van der Waals surface area contributed by atoms with E-state index in [9.17, 15) is 0 Å². The van der Waals surface area contributed by atoms with Crippen molar-refractivity contribution in [1.29, 1.82) is 0 Å². The molecule has 0 fully saturated rings. The second-order valence-corrected chi connectivity index (χ2v) is 4.65. The molecule has 2 atom stereocenters. The van der Waals surface area contributed by atoms with Crippen molar-refractivity contribution in [3.63, 3.8) is 0 Å². The summed E-state index contributed by atoms with van der Waals surface area (Å²) in [6.45, 7) is 4.56. The average molecular weight is 206 g/mol. The van der Waals surface area contributed by atoms with Crippen LogP contribution in [-0.2, 0) is 6.42 Å². The maximum absolute atomic E-state index is 3.40. The van der Waals surface area contributed by atoms with Gasteiger partial charge in [-0.1, -0.05) is 20.3 Å². The Hall–Kier alpha value is -0.760. The van der Waals surface area contributed by atoms with Gasteiger partial charge < -0.3 is 4.98 Å². The molecule has 15 heavy (non-hydrogen) atoms. The van der Waals surface area contributed by atoms with Crippen LogP contribution < -0.4 is 0 Å². The van der Waals surface area contributed by atoms with E-state index in [1.807, 2.05) is 0 Å². The molecule has 1 aromatic heterocycles. The lowest BCUT2D eigenvalue weighted by Gasteiger charge is -2.39. The van der Waals surface area contributed by atoms with Gasteiger partial charge in [0.1, 0.15) is 0 Å². The SMILES string of the molecule is CCC[C@@H]1c2cc[nH]c2C[C@@H](CC)N1C. The van der Waals surface area contributed by atoms with E-state index < -0.39 is 0 Å². The average Bonchev–Trinajstić information content (AvgIpc) is 2.69. The Morgan fingerprint density at radius 3 is 2.93 bits per heavy atom. The number of fused-ring (bicyclic) bond motifs is 1. The molecule has 2 heteroatoms. The fourth-order valence-electron chi connectivity index (χ4n) is 2.82. The van der Waals surface area contributed by atoms with Gasteiger partial charge in [-0.3, -0.25) is 4.90 Å². The Balaban J connectivity index is 2.28. The summed E-state index contributed by atoms with van der Waals surface area (Å²) in [5, 5.41) is 0. The zero-order valence-electron chi connectivity index (χ0n) is 10.1. The number of hydrogen-bond donors (Lipinski definition) is 1. The van der Waals surface area contributed by atoms with Gasteiger partial charge in [0.05, 0.1) is 0 Å². The molecule has 2 rings (SSSR count). The third kappa shape index (κ3) is 1.83. The zero-order chi connectivity index (χ0) is 10.8. The van der Waals surface area contributed by atoms with Crippen LogP contribution in [-0.4, -0.2) is 23.0 Å². The van der Waals surface area contributed by atoms with E-state index in [1.165, 1.54) is 36.9 Å². The van der Waals surface area contributed by atoms with Crippen molar-refractivity contribution >= 4 is 0 Å². The van der Waals surface area contributed by atoms with Gasteiger partial charge in [-0.25, -0.2) is 0 Å². The molecule has 1 aromatic rings. The largest absolute Gasteiger partial charge is 0.365 e. The summed E-state index contributed by atoms with van der Waals surface area (Å²) in [7, 11) is 2.28. The molecule has 0 amide bonds. The highest BCUT2D eigenvalue weighted by Gasteiger charge is 2.30. The highest BCUT2D eigenvalue weighted by Crippen LogP contribution is 2.35. The highest BCUT2D eigenvalue weighted by molar-refractivity contribution is 5.28. The first-order valence-corrected chi connectivity index (χ1v) is 6.16. The van der Waals surface area contributed by atoms with Crippen LogP contribution >= 0.6 is 0 Å². The molecule has 0 saturated heterocycles. The van der Waals surface area contributed by atoms with Gasteiger partial charge in [0.25, 0.3) is 0 Å². The number of H-pyrrole nitrogens is 1. The smallest absolute Gasteiger partial charge is 0.0365 e. The molecule has 1 N–H and O–H groups in total. The van der Waals surface area contributed by atoms with Crippen molar-refractivity contribution in [3.05, 3.63) is 23.5 Å². The third-order valence-corrected chi connectivity index (χ3v) is 3.77. The second kappa shape index (κ2) is 4.40. The van der Waals surface area contributed by atoms with Crippen LogP contribution in [0.5, 0.6) is 0 Å². The minimum Gasteiger partial charge on any atom is -0.365 e. The van der Waals surface area contributed by atoms with Crippen LogP contribution in [0.25, 0.3) is 0 Å². The predicted octanol–water partition coefficient (Wildman–Crippen LogP) is 3.12. The predicted molar refractivity (Wildman–Crippen MR) is 64.0 cm³/mol. The normalized spacial score (nSPS) is 26.6. The molecular weight excluding hydrogens is 184 g/mol. The molecule has 0 radical (unpaired) electrons. The molecule has 2 nitrogen and oxygen atoms in total. The second-order valence-electron chi connectivity index (χ2n) is 4.65. The number of likely N-dealkylation sites (N-methyl/N-ethyl adjacent to an activating group) is 1. The van der Waals surface area contributed by atoms with Crippen molar-refractivity contribution < 1.29 is 0 Å². The lowest BCUT2D eigenvalue weighted by atomic mass is 9.90. The number of aromatic amines is 1. The maximum Gasteiger partial charge on any atom is 0.0365 e. The van der Waals surface area contributed by atoms with Crippen LogP contribution in [0, 0.1) is 0 Å². The molecular formula is C13H22N2. The summed E-state index contributed by atoms with van der Waals surface area (Å²) in [6, 6.07) is 3.61. The Labute approximate surface area is 92.7 Å². The summed E-state index contributed by atoms with van der Waals surface area (Å²) in [5.74, 6) is 0. The molecule has 0 unspecified atom stereocenters. The summed E-state index contributed by atoms with van der Waals surface area (Å²) in [5.41, 5.74) is 3.00. The summed E-state index contributed by atoms with van der Waals surface area (Å²) >= 11 is 0. The van der Waals surface area contributed by atoms with Crippen LogP contribution in [0.4, 0.5) is 0 Å². The minimum atomic E-state index is 0.634. The van der Waals surface area contributed by atoms with E-state index in [0.29, 0.717) is 12.1 Å². The highest BCUT2D eigenvalue weighted by atomic mass is 15.2. The Kier molecular flexibility index (Phi) is 3.15. The third-order valence-electron chi connectivity index (χ3n) is 3.77. The molecule has 0 saturated carbocycles. The van der Waals surface area contributed by atoms with Crippen molar-refractivity contribution in [2.45, 2.75) is 51.6 Å². The van der Waals surface area contributed by atoms with Gasteiger partial charge in [-0.2, -0.15) is 0 Å². The minimum absolute atomic E-state index is 0.634. The first-order chi connectivity index (χ1) is 7.27. The molecule has 84 valence electrons. The quantitative estimate of drug-likeness (QED) is 0.805. The lowest BCUT2D eigenvalue weighted by molar-refractivity contribution is 0.141. The molecule has 0 bridgehead atoms. The van der Waals surface area contributed by atoms with Gasteiger partial charge in [-0.05, 0) is 31.5 Å². The van der Waals surface area contributed by atoms with Crippen molar-refractivity contribution in [3.8, 4) is 0 Å². The molecule has 0 spiro atoms. The van der Waals surface area contributed by atoms with Crippen molar-refractivity contribution in [2.75, 3.05) is 7.05 Å². The Morgan fingerprint density at radius 1 is 1.47 bits per heavy atom. The fraction of sp³-hybridized carbons (Fsp3) is 0.692. The van der Waals surface area contributed by atoms with Crippen molar-refractivity contribution in [1.82, 2.24) is 9.88 Å². The van der Waals surface area contributed by atoms with E-state index in [-0.39, 0.29) is 0 Å². The Morgan fingerprint density at radius 2 is 2.27 bits per heavy atom. The van der Waals surface area contributed by atoms with Gasteiger partial charge in [-0.15, -0.1) is 0 Å². The number of nitrogens with zero attached hydrogens (tertiary/aromatic N) is 1. The number of hydrogen-bond acceptors (Lipinski definition) is 1. The summed E-state index contributed by atoms with van der Waals surface area (Å²) in [6.07, 6.45) is 7.07. The van der Waals surface area contributed by atoms with Gasteiger partial charge in [0.2, 0.25) is 0 Å². The number of nitrogens with one attached hydrogen (secondary N) is 1. The van der Waals surface area contributed by atoms with Crippen molar-refractivity contribution in [2.24, 2.45) is 0 Å². The van der Waals surface area contributed by atoms with Crippen LogP contribution in [0.1, 0.15) is 50.4 Å². The van der Waals surface area contributed by atoms with E-state index in [1.54, 1.807) is 0 Å². The van der Waals surface area contributed by atoms with Crippen LogP contribution in [0.2, 0.25) is 0 Å². The van der Waals surface area contributed by atoms with E-state index in [0.717, 1.165) is 0 Å². The zero-order valence-corrected chi connectivity index (χ0v) is 10.1. The number of aromatic nitrogens is 1. The monoisotopic (exact) mass is 206 g/mol. The van der Waals surface area contributed by atoms with E-state index in [2.05, 4.69) is 43.0 Å². The van der Waals surface area contributed by atoms with Crippen LogP contribution in [0.15, 0.2) is 12.3 Å². The first kappa shape index (κ1) is 10.7. The topological polar surface area (TPSA) is 19.0 Å². The van der Waals surface area contributed by atoms with E-state index in [4.69, 9.17) is 0 Å². The number of rotatable bonds is 3. The summed E-state index contributed by atoms with van der Waals surface area (Å²) < 4.78 is 0. The molecule has 1 aliphatic heterocycles. The van der Waals surface area contributed by atoms with E-state index >= 15 is 0 Å². The standard InChI is InChI=1S/C13H22N2/c1-4-6-13-11-7-8-14-12(11)9-10(5-2)15(13)3/h7-8,10,13-14H,4-6,9H2,1-3H3/t10-,13-/m1/s1. The molecule has 0 aromatic carbocycles. The fourth-order valence-corrected chi connectivity index (χ4v) is 2.82.